The summed E-state index contributed by atoms with van der Waals surface area (Å²) in [4.78, 5) is 0. The second-order valence-corrected chi connectivity index (χ2v) is 3.42. The van der Waals surface area contributed by atoms with E-state index in [1.54, 1.807) is 12.1 Å². The molecule has 0 amide bonds. The van der Waals surface area contributed by atoms with E-state index in [0.29, 0.717) is 6.54 Å². The van der Waals surface area contributed by atoms with E-state index in [2.05, 4.69) is 15.5 Å². The second kappa shape index (κ2) is 4.60. The van der Waals surface area contributed by atoms with Crippen molar-refractivity contribution < 1.29 is 9.60 Å². The average Bonchev–Trinajstić information content (AvgIpc) is 2.76. The highest BCUT2D eigenvalue weighted by Gasteiger charge is 2.05. The normalized spacial score (nSPS) is 11.7. The summed E-state index contributed by atoms with van der Waals surface area (Å²) in [6.07, 6.45) is 1.51. The zero-order valence-corrected chi connectivity index (χ0v) is 8.79. The maximum atomic E-state index is 12.9. The summed E-state index contributed by atoms with van der Waals surface area (Å²) in [6, 6.07) is 6.16. The standard InChI is InChI=1S/C10H10FN5O/c11-8-3-1-2-7(4-8)5-16-6-9(13-15-16)10(12)14-17/h1-4,6,17H,5H2,(H2,12,14). The van der Waals surface area contributed by atoms with Gasteiger partial charge in [-0.1, -0.05) is 22.5 Å². The summed E-state index contributed by atoms with van der Waals surface area (Å²) < 4.78 is 14.4. The van der Waals surface area contributed by atoms with Crippen LogP contribution in [0.25, 0.3) is 0 Å². The lowest BCUT2D eigenvalue weighted by molar-refractivity contribution is 0.318. The summed E-state index contributed by atoms with van der Waals surface area (Å²) in [6.45, 7) is 0.365. The molecule has 17 heavy (non-hydrogen) atoms. The molecule has 0 radical (unpaired) electrons. The van der Waals surface area contributed by atoms with Crippen molar-refractivity contribution in [3.63, 3.8) is 0 Å². The molecule has 1 aromatic heterocycles. The molecule has 0 aliphatic rings. The summed E-state index contributed by atoms with van der Waals surface area (Å²) >= 11 is 0. The molecule has 2 rings (SSSR count). The number of amidine groups is 1. The third-order valence-electron chi connectivity index (χ3n) is 2.14. The molecular weight excluding hydrogens is 225 g/mol. The van der Waals surface area contributed by atoms with Gasteiger partial charge in [0, 0.05) is 0 Å². The van der Waals surface area contributed by atoms with Gasteiger partial charge >= 0.3 is 0 Å². The molecule has 0 aliphatic carbocycles. The average molecular weight is 235 g/mol. The highest BCUT2D eigenvalue weighted by molar-refractivity contribution is 5.94. The van der Waals surface area contributed by atoms with Crippen molar-refractivity contribution in [1.82, 2.24) is 15.0 Å². The minimum atomic E-state index is -0.306. The van der Waals surface area contributed by atoms with Gasteiger partial charge in [-0.15, -0.1) is 5.10 Å². The molecule has 0 fully saturated rings. The Kier molecular flexibility index (Phi) is 2.99. The third-order valence-corrected chi connectivity index (χ3v) is 2.14. The zero-order chi connectivity index (χ0) is 12.3. The fraction of sp³-hybridized carbons (Fsp3) is 0.100. The van der Waals surface area contributed by atoms with E-state index in [0.717, 1.165) is 5.56 Å². The number of nitrogens with zero attached hydrogens (tertiary/aromatic N) is 4. The largest absolute Gasteiger partial charge is 0.409 e. The van der Waals surface area contributed by atoms with Gasteiger partial charge in [-0.25, -0.2) is 9.07 Å². The summed E-state index contributed by atoms with van der Waals surface area (Å²) in [5, 5.41) is 18.8. The first-order valence-electron chi connectivity index (χ1n) is 4.81. The molecule has 1 aromatic carbocycles. The van der Waals surface area contributed by atoms with Crippen molar-refractivity contribution in [2.24, 2.45) is 10.9 Å². The van der Waals surface area contributed by atoms with E-state index < -0.39 is 0 Å². The smallest absolute Gasteiger partial charge is 0.192 e. The minimum absolute atomic E-state index is 0.115. The molecule has 7 heteroatoms. The van der Waals surface area contributed by atoms with Gasteiger partial charge in [0.2, 0.25) is 0 Å². The van der Waals surface area contributed by atoms with Crippen LogP contribution in [0.15, 0.2) is 35.6 Å². The van der Waals surface area contributed by atoms with Crippen LogP contribution in [-0.4, -0.2) is 26.0 Å². The van der Waals surface area contributed by atoms with Crippen LogP contribution in [-0.2, 0) is 6.54 Å². The predicted molar refractivity (Wildman–Crippen MR) is 58.0 cm³/mol. The summed E-state index contributed by atoms with van der Waals surface area (Å²) in [5.74, 6) is -0.422. The van der Waals surface area contributed by atoms with Gasteiger partial charge < -0.3 is 10.9 Å². The lowest BCUT2D eigenvalue weighted by Gasteiger charge is -2.00. The van der Waals surface area contributed by atoms with E-state index in [9.17, 15) is 4.39 Å². The van der Waals surface area contributed by atoms with Crippen molar-refractivity contribution in [3.05, 3.63) is 47.5 Å². The maximum Gasteiger partial charge on any atom is 0.192 e. The topological polar surface area (TPSA) is 89.3 Å². The number of hydrogen-bond donors (Lipinski definition) is 2. The molecule has 88 valence electrons. The first-order valence-corrected chi connectivity index (χ1v) is 4.81. The molecule has 0 spiro atoms. The van der Waals surface area contributed by atoms with Gasteiger partial charge in [0.15, 0.2) is 11.5 Å². The number of benzene rings is 1. The lowest BCUT2D eigenvalue weighted by Crippen LogP contribution is -2.13. The Morgan fingerprint density at radius 2 is 2.35 bits per heavy atom. The van der Waals surface area contributed by atoms with Crippen molar-refractivity contribution >= 4 is 5.84 Å². The van der Waals surface area contributed by atoms with Gasteiger partial charge in [-0.2, -0.15) is 0 Å². The van der Waals surface area contributed by atoms with Crippen LogP contribution < -0.4 is 5.73 Å². The third kappa shape index (κ3) is 2.57. The van der Waals surface area contributed by atoms with Gasteiger partial charge in [-0.05, 0) is 17.7 Å². The van der Waals surface area contributed by atoms with Crippen LogP contribution in [0, 0.1) is 5.82 Å². The molecule has 0 saturated carbocycles. The molecule has 3 N–H and O–H groups in total. The Bertz CT molecular complexity index is 551. The molecule has 0 aliphatic heterocycles. The lowest BCUT2D eigenvalue weighted by atomic mass is 10.2. The SMILES string of the molecule is N/C(=N\O)c1cn(Cc2cccc(F)c2)nn1. The molecule has 0 saturated heterocycles. The van der Waals surface area contributed by atoms with Crippen LogP contribution in [0.4, 0.5) is 4.39 Å². The van der Waals surface area contributed by atoms with Gasteiger partial charge in [0.05, 0.1) is 12.7 Å². The molecule has 2 aromatic rings. The van der Waals surface area contributed by atoms with Crippen LogP contribution in [0.5, 0.6) is 0 Å². The van der Waals surface area contributed by atoms with E-state index in [1.165, 1.54) is 23.0 Å². The minimum Gasteiger partial charge on any atom is -0.409 e. The van der Waals surface area contributed by atoms with Crippen molar-refractivity contribution in [2.45, 2.75) is 6.54 Å². The molecule has 0 atom stereocenters. The highest BCUT2D eigenvalue weighted by atomic mass is 19.1. The van der Waals surface area contributed by atoms with Crippen molar-refractivity contribution in [2.75, 3.05) is 0 Å². The monoisotopic (exact) mass is 235 g/mol. The van der Waals surface area contributed by atoms with Crippen LogP contribution >= 0.6 is 0 Å². The van der Waals surface area contributed by atoms with E-state index in [-0.39, 0.29) is 17.3 Å². The number of oxime groups is 1. The second-order valence-electron chi connectivity index (χ2n) is 3.42. The maximum absolute atomic E-state index is 12.9. The van der Waals surface area contributed by atoms with Crippen LogP contribution in [0.3, 0.4) is 0 Å². The van der Waals surface area contributed by atoms with E-state index in [1.807, 2.05) is 0 Å². The first kappa shape index (κ1) is 11.1. The number of rotatable bonds is 3. The number of nitrogens with two attached hydrogens (primary N) is 1. The molecule has 0 unspecified atom stereocenters. The van der Waals surface area contributed by atoms with Crippen molar-refractivity contribution in [1.29, 1.82) is 0 Å². The Hall–Kier alpha value is -2.44. The Labute approximate surface area is 96.2 Å². The van der Waals surface area contributed by atoms with Crippen molar-refractivity contribution in [3.8, 4) is 0 Å². The number of aromatic nitrogens is 3. The molecule has 6 nitrogen and oxygen atoms in total. The van der Waals surface area contributed by atoms with Gasteiger partial charge in [-0.3, -0.25) is 0 Å². The van der Waals surface area contributed by atoms with Gasteiger partial charge in [0.25, 0.3) is 0 Å². The first-order chi connectivity index (χ1) is 8.19. The Morgan fingerprint density at radius 3 is 3.06 bits per heavy atom. The van der Waals surface area contributed by atoms with Gasteiger partial charge in [0.1, 0.15) is 5.82 Å². The van der Waals surface area contributed by atoms with E-state index in [4.69, 9.17) is 10.9 Å². The predicted octanol–water partition coefficient (Wildman–Crippen LogP) is 0.560. The van der Waals surface area contributed by atoms with Crippen LogP contribution in [0.2, 0.25) is 0 Å². The van der Waals surface area contributed by atoms with E-state index >= 15 is 0 Å². The molecular formula is C10H10FN5O. The number of halogens is 1. The fourth-order valence-corrected chi connectivity index (χ4v) is 1.37. The van der Waals surface area contributed by atoms with Crippen LogP contribution in [0.1, 0.15) is 11.3 Å². The molecule has 1 heterocycles. The summed E-state index contributed by atoms with van der Waals surface area (Å²) in [5.41, 5.74) is 6.37. The number of hydrogen-bond acceptors (Lipinski definition) is 4. The highest BCUT2D eigenvalue weighted by Crippen LogP contribution is 2.05. The molecule has 0 bridgehead atoms. The quantitative estimate of drug-likeness (QED) is 0.352. The Balaban J connectivity index is 2.17. The fourth-order valence-electron chi connectivity index (χ4n) is 1.37. The zero-order valence-electron chi connectivity index (χ0n) is 8.79. The Morgan fingerprint density at radius 1 is 1.53 bits per heavy atom. The summed E-state index contributed by atoms with van der Waals surface area (Å²) in [7, 11) is 0.